The first-order valence-corrected chi connectivity index (χ1v) is 9.89. The van der Waals surface area contributed by atoms with Gasteiger partial charge in [-0.1, -0.05) is 37.3 Å². The van der Waals surface area contributed by atoms with Crippen molar-refractivity contribution >= 4 is 40.2 Å². The van der Waals surface area contributed by atoms with E-state index < -0.39 is 0 Å². The Morgan fingerprint density at radius 2 is 1.75 bits per heavy atom. The molecule has 2 aromatic carbocycles. The number of aliphatic imine (C=N–C) groups is 2. The summed E-state index contributed by atoms with van der Waals surface area (Å²) in [6, 6.07) is 17.4. The second-order valence-corrected chi connectivity index (χ2v) is 7.31. The van der Waals surface area contributed by atoms with Crippen molar-refractivity contribution in [2.75, 3.05) is 0 Å². The minimum absolute atomic E-state index is 0.212. The van der Waals surface area contributed by atoms with E-state index >= 15 is 0 Å². The van der Waals surface area contributed by atoms with Gasteiger partial charge in [-0.15, -0.1) is 11.3 Å². The number of amidine groups is 1. The number of nitrogens with zero attached hydrogens (tertiary/aromatic N) is 2. The molecule has 1 atom stereocenters. The Hall–Kier alpha value is -3.12. The van der Waals surface area contributed by atoms with E-state index in [1.807, 2.05) is 42.6 Å². The van der Waals surface area contributed by atoms with E-state index in [-0.39, 0.29) is 17.6 Å². The molecule has 0 radical (unpaired) electrons. The molecule has 0 fully saturated rings. The lowest BCUT2D eigenvalue weighted by molar-refractivity contribution is 0.0980. The Labute approximate surface area is 166 Å². The fourth-order valence-electron chi connectivity index (χ4n) is 3.20. The van der Waals surface area contributed by atoms with Gasteiger partial charge in [0.25, 0.3) is 5.91 Å². The Kier molecular flexibility index (Phi) is 5.12. The highest BCUT2D eigenvalue weighted by Crippen LogP contribution is 2.35. The SMILES string of the molecule is CCC1=Nc2ccccc2N=C(NC(=O)c2cccs2)C1c1ccc(F)cc1. The van der Waals surface area contributed by atoms with E-state index in [4.69, 9.17) is 9.98 Å². The first-order chi connectivity index (χ1) is 13.7. The molecule has 140 valence electrons. The molecule has 0 aliphatic carbocycles. The van der Waals surface area contributed by atoms with Crippen molar-refractivity contribution < 1.29 is 9.18 Å². The normalized spacial score (nSPS) is 15.9. The monoisotopic (exact) mass is 391 g/mol. The summed E-state index contributed by atoms with van der Waals surface area (Å²) in [6.45, 7) is 2.02. The van der Waals surface area contributed by atoms with E-state index in [0.717, 1.165) is 17.0 Å². The van der Waals surface area contributed by atoms with E-state index in [1.165, 1.54) is 23.5 Å². The number of halogens is 1. The van der Waals surface area contributed by atoms with Gasteiger partial charge in [0, 0.05) is 5.71 Å². The maximum atomic E-state index is 13.5. The van der Waals surface area contributed by atoms with Crippen LogP contribution >= 0.6 is 11.3 Å². The van der Waals surface area contributed by atoms with Crippen molar-refractivity contribution in [1.29, 1.82) is 0 Å². The molecule has 2 heterocycles. The van der Waals surface area contributed by atoms with Gasteiger partial charge in [0.15, 0.2) is 0 Å². The van der Waals surface area contributed by atoms with Crippen LogP contribution in [0.5, 0.6) is 0 Å². The molecule has 1 aliphatic rings. The van der Waals surface area contributed by atoms with Gasteiger partial charge in [-0.2, -0.15) is 0 Å². The van der Waals surface area contributed by atoms with E-state index in [1.54, 1.807) is 18.2 Å². The fraction of sp³-hybridized carbons (Fsp3) is 0.136. The van der Waals surface area contributed by atoms with Gasteiger partial charge >= 0.3 is 0 Å². The lowest BCUT2D eigenvalue weighted by Crippen LogP contribution is -2.37. The number of benzene rings is 2. The Bertz CT molecular complexity index is 1060. The number of nitrogens with one attached hydrogen (secondary N) is 1. The highest BCUT2D eigenvalue weighted by Gasteiger charge is 2.28. The third-order valence-electron chi connectivity index (χ3n) is 4.55. The maximum Gasteiger partial charge on any atom is 0.266 e. The smallest absolute Gasteiger partial charge is 0.266 e. The molecule has 3 aromatic rings. The van der Waals surface area contributed by atoms with Crippen molar-refractivity contribution in [2.24, 2.45) is 9.98 Å². The lowest BCUT2D eigenvalue weighted by atomic mass is 9.91. The molecule has 1 aliphatic heterocycles. The summed E-state index contributed by atoms with van der Waals surface area (Å²) in [5, 5.41) is 4.83. The van der Waals surface area contributed by atoms with Crippen molar-refractivity contribution in [3.05, 3.63) is 82.3 Å². The average Bonchev–Trinajstić information content (AvgIpc) is 3.20. The number of amides is 1. The largest absolute Gasteiger partial charge is 0.309 e. The number of thiophene rings is 1. The predicted octanol–water partition coefficient (Wildman–Crippen LogP) is 5.63. The Morgan fingerprint density at radius 3 is 2.39 bits per heavy atom. The lowest BCUT2D eigenvalue weighted by Gasteiger charge is -2.20. The molecular formula is C22H18FN3OS. The van der Waals surface area contributed by atoms with Gasteiger partial charge < -0.3 is 5.32 Å². The highest BCUT2D eigenvalue weighted by atomic mass is 32.1. The zero-order valence-electron chi connectivity index (χ0n) is 15.2. The number of carbonyl (C=O) groups excluding carboxylic acids is 1. The molecule has 4 rings (SSSR count). The van der Waals surface area contributed by atoms with Gasteiger partial charge in [0.1, 0.15) is 11.7 Å². The molecule has 1 unspecified atom stereocenters. The summed E-state index contributed by atoms with van der Waals surface area (Å²) in [5.41, 5.74) is 3.15. The van der Waals surface area contributed by atoms with Gasteiger partial charge in [-0.3, -0.25) is 9.79 Å². The summed E-state index contributed by atoms with van der Waals surface area (Å²) in [5.74, 6) is -0.384. The third kappa shape index (κ3) is 3.64. The average molecular weight is 391 g/mol. The van der Waals surface area contributed by atoms with Crippen LogP contribution in [0.3, 0.4) is 0 Å². The van der Waals surface area contributed by atoms with Crippen LogP contribution in [0.1, 0.15) is 34.5 Å². The molecule has 1 amide bonds. The first kappa shape index (κ1) is 18.3. The number of hydrogen-bond donors (Lipinski definition) is 1. The van der Waals surface area contributed by atoms with Crippen molar-refractivity contribution in [3.63, 3.8) is 0 Å². The van der Waals surface area contributed by atoms with Gasteiger partial charge in [0.05, 0.1) is 22.2 Å². The molecule has 1 N–H and O–H groups in total. The van der Waals surface area contributed by atoms with Crippen molar-refractivity contribution in [2.45, 2.75) is 19.3 Å². The highest BCUT2D eigenvalue weighted by molar-refractivity contribution is 7.12. The summed E-state index contributed by atoms with van der Waals surface area (Å²) in [4.78, 5) is 22.9. The molecule has 0 bridgehead atoms. The zero-order valence-corrected chi connectivity index (χ0v) is 16.0. The first-order valence-electron chi connectivity index (χ1n) is 9.01. The topological polar surface area (TPSA) is 53.8 Å². The molecule has 0 saturated heterocycles. The minimum atomic E-state index is -0.359. The third-order valence-corrected chi connectivity index (χ3v) is 5.41. The number of para-hydroxylation sites is 2. The molecule has 0 saturated carbocycles. The predicted molar refractivity (Wildman–Crippen MR) is 112 cm³/mol. The van der Waals surface area contributed by atoms with Gasteiger partial charge in [0.2, 0.25) is 0 Å². The number of carbonyl (C=O) groups is 1. The quantitative estimate of drug-likeness (QED) is 0.618. The van der Waals surface area contributed by atoms with Crippen LogP contribution in [0.15, 0.2) is 76.0 Å². The van der Waals surface area contributed by atoms with Crippen LogP contribution in [0.4, 0.5) is 15.8 Å². The van der Waals surface area contributed by atoms with Gasteiger partial charge in [-0.05, 0) is 47.7 Å². The van der Waals surface area contributed by atoms with Crippen LogP contribution in [0.25, 0.3) is 0 Å². The van der Waals surface area contributed by atoms with Crippen LogP contribution in [0, 0.1) is 5.82 Å². The zero-order chi connectivity index (χ0) is 19.5. The number of fused-ring (bicyclic) bond motifs is 1. The fourth-order valence-corrected chi connectivity index (χ4v) is 3.82. The molecule has 6 heteroatoms. The standard InChI is InChI=1S/C22H18FN3OS/c1-2-16-20(14-9-11-15(23)12-10-14)21(26-22(27)19-8-5-13-28-19)25-18-7-4-3-6-17(18)24-16/h3-13,20H,2H2,1H3,(H,25,26,27). The molecule has 28 heavy (non-hydrogen) atoms. The Morgan fingerprint density at radius 1 is 1.04 bits per heavy atom. The summed E-state index contributed by atoms with van der Waals surface area (Å²) in [6.07, 6.45) is 0.671. The van der Waals surface area contributed by atoms with Crippen molar-refractivity contribution in [1.82, 2.24) is 5.32 Å². The molecule has 0 spiro atoms. The molecular weight excluding hydrogens is 373 g/mol. The Balaban J connectivity index is 1.83. The number of hydrogen-bond acceptors (Lipinski definition) is 4. The van der Waals surface area contributed by atoms with E-state index in [9.17, 15) is 9.18 Å². The van der Waals surface area contributed by atoms with Crippen LogP contribution in [-0.2, 0) is 0 Å². The summed E-state index contributed by atoms with van der Waals surface area (Å²) in [7, 11) is 0. The van der Waals surface area contributed by atoms with Gasteiger partial charge in [-0.25, -0.2) is 9.38 Å². The van der Waals surface area contributed by atoms with E-state index in [2.05, 4.69) is 5.32 Å². The van der Waals surface area contributed by atoms with Crippen LogP contribution < -0.4 is 5.32 Å². The molecule has 1 aromatic heterocycles. The second-order valence-electron chi connectivity index (χ2n) is 6.36. The number of rotatable bonds is 3. The summed E-state index contributed by atoms with van der Waals surface area (Å²) >= 11 is 1.37. The van der Waals surface area contributed by atoms with Crippen LogP contribution in [0.2, 0.25) is 0 Å². The minimum Gasteiger partial charge on any atom is -0.309 e. The van der Waals surface area contributed by atoms with E-state index in [0.29, 0.717) is 22.8 Å². The summed E-state index contributed by atoms with van der Waals surface area (Å²) < 4.78 is 13.5. The second kappa shape index (κ2) is 7.86. The maximum absolute atomic E-state index is 13.5. The van der Waals surface area contributed by atoms with Crippen LogP contribution in [-0.4, -0.2) is 17.5 Å². The van der Waals surface area contributed by atoms with Crippen molar-refractivity contribution in [3.8, 4) is 0 Å². The molecule has 4 nitrogen and oxygen atoms in total.